The number of carbonyl (C=O) groups is 1. The summed E-state index contributed by atoms with van der Waals surface area (Å²) in [4.78, 5) is 12.1. The highest BCUT2D eigenvalue weighted by atomic mass is 16.4. The minimum Gasteiger partial charge on any atom is -0.548 e. The first-order valence-corrected chi connectivity index (χ1v) is 12.0. The van der Waals surface area contributed by atoms with Crippen LogP contribution in [0.25, 0.3) is 0 Å². The van der Waals surface area contributed by atoms with E-state index in [1.165, 1.54) is 0 Å². The summed E-state index contributed by atoms with van der Waals surface area (Å²) in [5.41, 5.74) is 6.18. The minimum absolute atomic E-state index is 0.0829. The van der Waals surface area contributed by atoms with Crippen LogP contribution in [-0.4, -0.2) is 29.8 Å². The van der Waals surface area contributed by atoms with E-state index in [2.05, 4.69) is 31.8 Å². The number of quaternary nitrogens is 1. The molecule has 35 heavy (non-hydrogen) atoms. The number of aliphatic carboxylic acids is 1. The van der Waals surface area contributed by atoms with Crippen molar-refractivity contribution in [1.82, 2.24) is 5.32 Å². The van der Waals surface area contributed by atoms with Gasteiger partial charge < -0.3 is 20.7 Å². The minimum atomic E-state index is -1.08. The van der Waals surface area contributed by atoms with Crippen LogP contribution in [0.15, 0.2) is 91.0 Å². The lowest BCUT2D eigenvalue weighted by Crippen LogP contribution is -2.67. The molecular weight excluding hydrogens is 436 g/mol. The number of nitrogens with one attached hydrogen (secondary N) is 1. The molecule has 0 heterocycles. The van der Waals surface area contributed by atoms with Gasteiger partial charge in [-0.1, -0.05) is 111 Å². The molecule has 0 aromatic heterocycles. The molecule has 5 nitrogen and oxygen atoms in total. The molecule has 3 aromatic rings. The van der Waals surface area contributed by atoms with E-state index in [1.54, 1.807) is 0 Å². The highest BCUT2D eigenvalue weighted by Gasteiger charge is 2.39. The number of carboxylic acids is 1. The van der Waals surface area contributed by atoms with E-state index in [4.69, 9.17) is 5.11 Å². The van der Waals surface area contributed by atoms with Gasteiger partial charge in [0.2, 0.25) is 0 Å². The Morgan fingerprint density at radius 2 is 1.11 bits per heavy atom. The molecule has 0 aliphatic heterocycles. The van der Waals surface area contributed by atoms with Gasteiger partial charge in [0.25, 0.3) is 0 Å². The number of benzene rings is 3. The Kier molecular flexibility index (Phi) is 12.4. The average Bonchev–Trinajstić information content (AvgIpc) is 2.86. The Hall–Kier alpha value is -2.99. The number of rotatable bonds is 8. The van der Waals surface area contributed by atoms with Crippen LogP contribution < -0.4 is 16.2 Å². The topological polar surface area (TPSA) is 100 Å². The molecule has 190 valence electrons. The predicted octanol–water partition coefficient (Wildman–Crippen LogP) is 3.37. The van der Waals surface area contributed by atoms with E-state index in [0.29, 0.717) is 0 Å². The lowest BCUT2D eigenvalue weighted by atomic mass is 9.75. The molecule has 0 unspecified atom stereocenters. The molecule has 0 saturated heterocycles. The Labute approximate surface area is 211 Å². The lowest BCUT2D eigenvalue weighted by Gasteiger charge is -2.42. The van der Waals surface area contributed by atoms with Crippen LogP contribution in [0, 0.1) is 5.92 Å². The third kappa shape index (κ3) is 8.95. The van der Waals surface area contributed by atoms with E-state index in [-0.39, 0.29) is 11.5 Å². The highest BCUT2D eigenvalue weighted by Crippen LogP contribution is 2.37. The number of aliphatic hydroxyl groups is 1. The first-order valence-electron chi connectivity index (χ1n) is 12.0. The fraction of sp³-hybridized carbons (Fsp3) is 0.367. The molecule has 0 aliphatic carbocycles. The predicted molar refractivity (Wildman–Crippen MR) is 141 cm³/mol. The Balaban J connectivity index is 0.000000779. The molecule has 0 spiro atoms. The summed E-state index contributed by atoms with van der Waals surface area (Å²) in [7, 11) is 1.00. The van der Waals surface area contributed by atoms with Gasteiger partial charge in [0.1, 0.15) is 0 Å². The molecular formula is C30H42N2O3. The van der Waals surface area contributed by atoms with Crippen molar-refractivity contribution in [3.8, 4) is 0 Å². The zero-order valence-corrected chi connectivity index (χ0v) is 22.0. The molecule has 5 heteroatoms. The third-order valence-corrected chi connectivity index (χ3v) is 5.46. The van der Waals surface area contributed by atoms with Crippen molar-refractivity contribution in [2.24, 2.45) is 5.92 Å². The molecule has 0 radical (unpaired) electrons. The summed E-state index contributed by atoms with van der Waals surface area (Å²) < 4.78 is 0. The van der Waals surface area contributed by atoms with Crippen LogP contribution in [0.4, 0.5) is 0 Å². The van der Waals surface area contributed by atoms with Gasteiger partial charge in [0, 0.05) is 7.11 Å². The first-order chi connectivity index (χ1) is 16.6. The molecule has 2 atom stereocenters. The van der Waals surface area contributed by atoms with Gasteiger partial charge >= 0.3 is 0 Å². The molecule has 0 saturated carbocycles. The van der Waals surface area contributed by atoms with E-state index < -0.39 is 17.6 Å². The summed E-state index contributed by atoms with van der Waals surface area (Å²) in [6.07, 6.45) is 0.736. The van der Waals surface area contributed by atoms with Gasteiger partial charge in [-0.05, 0) is 43.4 Å². The zero-order chi connectivity index (χ0) is 26.5. The van der Waals surface area contributed by atoms with Crippen LogP contribution in [0.5, 0.6) is 0 Å². The van der Waals surface area contributed by atoms with Crippen LogP contribution in [0.2, 0.25) is 0 Å². The average molecular weight is 479 g/mol. The van der Waals surface area contributed by atoms with Crippen molar-refractivity contribution in [3.05, 3.63) is 108 Å². The molecule has 3 rings (SSSR count). The second-order valence-electron chi connectivity index (χ2n) is 9.74. The number of hydrogen-bond acceptors (Lipinski definition) is 4. The zero-order valence-electron chi connectivity index (χ0n) is 22.0. The molecule has 0 bridgehead atoms. The Morgan fingerprint density at radius 3 is 1.34 bits per heavy atom. The van der Waals surface area contributed by atoms with Gasteiger partial charge in [-0.3, -0.25) is 5.32 Å². The normalized spacial score (nSPS) is 12.8. The van der Waals surface area contributed by atoms with E-state index >= 15 is 0 Å². The van der Waals surface area contributed by atoms with Gasteiger partial charge in [-0.2, -0.15) is 0 Å². The maximum atomic E-state index is 12.1. The van der Waals surface area contributed by atoms with Crippen molar-refractivity contribution >= 4 is 5.97 Å². The number of hydrogen-bond donors (Lipinski definition) is 3. The van der Waals surface area contributed by atoms with Crippen LogP contribution >= 0.6 is 0 Å². The molecule has 3 aromatic carbocycles. The summed E-state index contributed by atoms with van der Waals surface area (Å²) >= 11 is 0. The monoisotopic (exact) mass is 478 g/mol. The molecule has 0 amide bonds. The van der Waals surface area contributed by atoms with Crippen LogP contribution in [-0.2, 0) is 10.3 Å². The quantitative estimate of drug-likeness (QED) is 0.432. The van der Waals surface area contributed by atoms with Crippen molar-refractivity contribution in [2.45, 2.75) is 58.2 Å². The van der Waals surface area contributed by atoms with E-state index in [0.717, 1.165) is 30.2 Å². The summed E-state index contributed by atoms with van der Waals surface area (Å²) in [5.74, 6) is -1.16. The van der Waals surface area contributed by atoms with Gasteiger partial charge in [-0.25, -0.2) is 0 Å². The number of aliphatic hydroxyl groups excluding tert-OH is 1. The lowest BCUT2D eigenvalue weighted by molar-refractivity contribution is -0.458. The maximum absolute atomic E-state index is 12.1. The summed E-state index contributed by atoms with van der Waals surface area (Å²) in [5, 5.41) is 22.6. The largest absolute Gasteiger partial charge is 0.548 e. The van der Waals surface area contributed by atoms with Crippen molar-refractivity contribution in [3.63, 3.8) is 0 Å². The van der Waals surface area contributed by atoms with Crippen molar-refractivity contribution < 1.29 is 20.7 Å². The van der Waals surface area contributed by atoms with E-state index in [1.807, 2.05) is 105 Å². The van der Waals surface area contributed by atoms with Crippen LogP contribution in [0.3, 0.4) is 0 Å². The van der Waals surface area contributed by atoms with E-state index in [9.17, 15) is 9.90 Å². The van der Waals surface area contributed by atoms with Crippen LogP contribution in [0.1, 0.15) is 57.7 Å². The van der Waals surface area contributed by atoms with Gasteiger partial charge in [-0.15, -0.1) is 0 Å². The van der Waals surface area contributed by atoms with Crippen molar-refractivity contribution in [1.29, 1.82) is 0 Å². The second kappa shape index (κ2) is 14.4. The summed E-state index contributed by atoms with van der Waals surface area (Å²) in [6, 6.07) is 29.2. The number of carboxylic acid groups (broad SMARTS) is 1. The fourth-order valence-electron chi connectivity index (χ4n) is 3.72. The maximum Gasteiger partial charge on any atom is 0.0953 e. The molecule has 5 N–H and O–H groups in total. The standard InChI is InChI=1S/C25H27NO2.C4H11N.CH4O/c1-3-19(2)23(24(27)28)26-25(20-13-7-4-8-14-20,21-15-9-5-10-16-21)22-17-11-6-12-18-22;1-4(2,3)5;1-2/h4-19,23,26H,3H2,1-2H3,(H,27,28);5H2,1-3H3;2H,1H3/t19-,23-;;/m0../s1. The van der Waals surface area contributed by atoms with Gasteiger partial charge in [0.15, 0.2) is 0 Å². The first kappa shape index (κ1) is 30.0. The summed E-state index contributed by atoms with van der Waals surface area (Å²) in [6.45, 7) is 10.2. The van der Waals surface area contributed by atoms with Crippen molar-refractivity contribution in [2.75, 3.05) is 7.11 Å². The number of carbonyl (C=O) groups excluding carboxylic acids is 1. The Bertz CT molecular complexity index is 868. The molecule has 0 aliphatic rings. The SMILES string of the molecule is CC(C)(C)[NH3+].CC[C@H](C)[C@H](NC(c1ccccc1)(c1ccccc1)c1ccccc1)C(=O)[O-].CO. The highest BCUT2D eigenvalue weighted by molar-refractivity contribution is 5.72. The molecule has 0 fully saturated rings. The van der Waals surface area contributed by atoms with Gasteiger partial charge in [0.05, 0.1) is 23.1 Å². The Morgan fingerprint density at radius 1 is 0.829 bits per heavy atom. The fourth-order valence-corrected chi connectivity index (χ4v) is 3.72. The smallest absolute Gasteiger partial charge is 0.0953 e. The second-order valence-corrected chi connectivity index (χ2v) is 9.74. The third-order valence-electron chi connectivity index (χ3n) is 5.46.